The fourth-order valence-corrected chi connectivity index (χ4v) is 2.34. The van der Waals surface area contributed by atoms with Crippen LogP contribution in [0.2, 0.25) is 0 Å². The number of hydrogen-bond donors (Lipinski definition) is 1. The molecule has 11 heteroatoms. The number of alkyl halides is 7. The standard InChI is InChI=1S/C12H10F7NO2S/c1-2-8-3-5-9(6-4-8)20-23(21,22)11(15,16)7-10(13,14)12(17,18)19/h2-6,20H,1,7H2. The SMILES string of the molecule is C=Cc1ccc(NS(=O)(=O)C(F)(F)CC(F)(F)C(F)(F)F)cc1. The predicted molar refractivity (Wildman–Crippen MR) is 69.6 cm³/mol. The van der Waals surface area contributed by atoms with Crippen LogP contribution in [0.5, 0.6) is 0 Å². The normalized spacial score (nSPS) is 13.7. The van der Waals surface area contributed by atoms with Crippen molar-refractivity contribution >= 4 is 21.8 Å². The van der Waals surface area contributed by atoms with E-state index in [1.54, 1.807) is 0 Å². The van der Waals surface area contributed by atoms with Crippen LogP contribution >= 0.6 is 0 Å². The summed E-state index contributed by atoms with van der Waals surface area (Å²) in [7, 11) is -5.82. The summed E-state index contributed by atoms with van der Waals surface area (Å²) in [6.45, 7) is 3.39. The van der Waals surface area contributed by atoms with Crippen molar-refractivity contribution in [1.29, 1.82) is 0 Å². The highest BCUT2D eigenvalue weighted by Gasteiger charge is 2.65. The van der Waals surface area contributed by atoms with Crippen LogP contribution in [0.25, 0.3) is 6.08 Å². The van der Waals surface area contributed by atoms with E-state index >= 15 is 0 Å². The lowest BCUT2D eigenvalue weighted by Gasteiger charge is -2.25. The average Bonchev–Trinajstić information content (AvgIpc) is 2.36. The minimum absolute atomic E-state index is 0.425. The summed E-state index contributed by atoms with van der Waals surface area (Å²) in [4.78, 5) is 0. The van der Waals surface area contributed by atoms with Crippen molar-refractivity contribution in [3.05, 3.63) is 36.4 Å². The van der Waals surface area contributed by atoms with Crippen molar-refractivity contribution in [2.45, 2.75) is 23.8 Å². The Morgan fingerprint density at radius 1 is 1.00 bits per heavy atom. The van der Waals surface area contributed by atoms with E-state index in [0.29, 0.717) is 5.56 Å². The molecule has 1 rings (SSSR count). The summed E-state index contributed by atoms with van der Waals surface area (Å²) in [6, 6.07) is 4.58. The second-order valence-corrected chi connectivity index (χ2v) is 6.26. The summed E-state index contributed by atoms with van der Waals surface area (Å²) in [5, 5.41) is -5.34. The van der Waals surface area contributed by atoms with E-state index in [1.165, 1.54) is 22.9 Å². The van der Waals surface area contributed by atoms with Gasteiger partial charge in [-0.15, -0.1) is 0 Å². The molecule has 0 fully saturated rings. The Morgan fingerprint density at radius 2 is 1.48 bits per heavy atom. The van der Waals surface area contributed by atoms with Gasteiger partial charge in [-0.1, -0.05) is 24.8 Å². The molecule has 0 aliphatic heterocycles. The molecule has 130 valence electrons. The van der Waals surface area contributed by atoms with Gasteiger partial charge in [0.25, 0.3) is 10.0 Å². The highest BCUT2D eigenvalue weighted by molar-refractivity contribution is 7.93. The molecule has 1 aromatic rings. The fourth-order valence-electron chi connectivity index (χ4n) is 1.37. The molecular formula is C12H10F7NO2S. The zero-order valence-electron chi connectivity index (χ0n) is 11.2. The molecule has 0 spiro atoms. The van der Waals surface area contributed by atoms with Gasteiger partial charge in [0, 0.05) is 5.69 Å². The zero-order valence-corrected chi connectivity index (χ0v) is 12.0. The van der Waals surface area contributed by atoms with Crippen LogP contribution in [0, 0.1) is 0 Å². The van der Waals surface area contributed by atoms with Gasteiger partial charge < -0.3 is 0 Å². The topological polar surface area (TPSA) is 46.2 Å². The molecule has 0 heterocycles. The number of anilines is 1. The van der Waals surface area contributed by atoms with Crippen molar-refractivity contribution in [1.82, 2.24) is 0 Å². The second-order valence-electron chi connectivity index (χ2n) is 4.45. The van der Waals surface area contributed by atoms with Gasteiger partial charge >= 0.3 is 17.4 Å². The molecule has 0 aromatic heterocycles. The number of nitrogens with one attached hydrogen (secondary N) is 1. The molecule has 0 aliphatic carbocycles. The van der Waals surface area contributed by atoms with Crippen molar-refractivity contribution < 1.29 is 39.2 Å². The number of sulfonamides is 1. The van der Waals surface area contributed by atoms with Crippen molar-refractivity contribution in [2.75, 3.05) is 4.72 Å². The van der Waals surface area contributed by atoms with Crippen LogP contribution < -0.4 is 4.72 Å². The van der Waals surface area contributed by atoms with E-state index in [-0.39, 0.29) is 0 Å². The van der Waals surface area contributed by atoms with Gasteiger partial charge in [0.15, 0.2) is 0 Å². The number of benzene rings is 1. The first-order chi connectivity index (χ1) is 10.2. The third-order valence-corrected chi connectivity index (χ3v) is 4.07. The van der Waals surface area contributed by atoms with Crippen molar-refractivity contribution in [3.63, 3.8) is 0 Å². The third kappa shape index (κ3) is 4.36. The number of hydrogen-bond acceptors (Lipinski definition) is 2. The molecule has 0 amide bonds. The highest BCUT2D eigenvalue weighted by atomic mass is 32.2. The van der Waals surface area contributed by atoms with Crippen LogP contribution in [0.15, 0.2) is 30.8 Å². The van der Waals surface area contributed by atoms with Gasteiger partial charge in [-0.2, -0.15) is 30.7 Å². The van der Waals surface area contributed by atoms with Crippen LogP contribution in [-0.4, -0.2) is 25.8 Å². The molecule has 1 N–H and O–H groups in total. The van der Waals surface area contributed by atoms with Gasteiger partial charge in [0.05, 0.1) is 0 Å². The summed E-state index contributed by atoms with van der Waals surface area (Å²) < 4.78 is 112. The maximum Gasteiger partial charge on any atom is 0.453 e. The Bertz CT molecular complexity index is 666. The summed E-state index contributed by atoms with van der Waals surface area (Å²) in [5.41, 5.74) is 0.0777. The van der Waals surface area contributed by atoms with E-state index in [9.17, 15) is 39.2 Å². The molecule has 0 aliphatic rings. The van der Waals surface area contributed by atoms with E-state index < -0.39 is 39.5 Å². The molecule has 3 nitrogen and oxygen atoms in total. The minimum atomic E-state index is -6.29. The molecule has 23 heavy (non-hydrogen) atoms. The van der Waals surface area contributed by atoms with E-state index in [0.717, 1.165) is 12.1 Å². The van der Waals surface area contributed by atoms with Crippen molar-refractivity contribution in [3.8, 4) is 0 Å². The Balaban J connectivity index is 3.02. The maximum absolute atomic E-state index is 13.4. The molecule has 0 saturated heterocycles. The molecule has 0 atom stereocenters. The maximum atomic E-state index is 13.4. The summed E-state index contributed by atoms with van der Waals surface area (Å²) in [5.74, 6) is -5.86. The molecule has 1 aromatic carbocycles. The predicted octanol–water partition coefficient (Wildman–Crippen LogP) is 4.25. The van der Waals surface area contributed by atoms with E-state index in [4.69, 9.17) is 0 Å². The smallest absolute Gasteiger partial charge is 0.279 e. The lowest BCUT2D eigenvalue weighted by atomic mass is 10.2. The Hall–Kier alpha value is -1.78. The quantitative estimate of drug-likeness (QED) is 0.766. The first-order valence-corrected chi connectivity index (χ1v) is 7.27. The van der Waals surface area contributed by atoms with Gasteiger partial charge in [-0.05, 0) is 17.7 Å². The first-order valence-electron chi connectivity index (χ1n) is 5.79. The summed E-state index contributed by atoms with van der Waals surface area (Å²) >= 11 is 0. The number of rotatable bonds is 6. The molecule has 0 radical (unpaired) electrons. The Labute approximate surface area is 126 Å². The zero-order chi connectivity index (χ0) is 18.1. The third-order valence-electron chi connectivity index (χ3n) is 2.63. The van der Waals surface area contributed by atoms with Crippen LogP contribution in [0.3, 0.4) is 0 Å². The fraction of sp³-hybridized carbons (Fsp3) is 0.333. The lowest BCUT2D eigenvalue weighted by molar-refractivity contribution is -0.294. The molecule has 0 unspecified atom stereocenters. The minimum Gasteiger partial charge on any atom is -0.279 e. The van der Waals surface area contributed by atoms with Gasteiger partial charge in [-0.3, -0.25) is 4.72 Å². The monoisotopic (exact) mass is 365 g/mol. The largest absolute Gasteiger partial charge is 0.453 e. The lowest BCUT2D eigenvalue weighted by Crippen LogP contribution is -2.46. The number of halogens is 7. The van der Waals surface area contributed by atoms with Gasteiger partial charge in [0.2, 0.25) is 0 Å². The Kier molecular flexibility index (Phi) is 5.04. The van der Waals surface area contributed by atoms with Crippen molar-refractivity contribution in [2.24, 2.45) is 0 Å². The second kappa shape index (κ2) is 6.02. The molecular weight excluding hydrogens is 355 g/mol. The van der Waals surface area contributed by atoms with Crippen LogP contribution in [0.1, 0.15) is 12.0 Å². The highest BCUT2D eigenvalue weighted by Crippen LogP contribution is 2.44. The van der Waals surface area contributed by atoms with Gasteiger partial charge in [-0.25, -0.2) is 8.42 Å². The van der Waals surface area contributed by atoms with E-state index in [1.807, 2.05) is 0 Å². The Morgan fingerprint density at radius 3 is 1.87 bits per heavy atom. The first kappa shape index (κ1) is 19.3. The van der Waals surface area contributed by atoms with E-state index in [2.05, 4.69) is 6.58 Å². The molecule has 0 saturated carbocycles. The summed E-state index contributed by atoms with van der Waals surface area (Å²) in [6.07, 6.45) is -8.15. The molecule has 0 bridgehead atoms. The van der Waals surface area contributed by atoms with Crippen LogP contribution in [0.4, 0.5) is 36.4 Å². The average molecular weight is 365 g/mol. The van der Waals surface area contributed by atoms with Crippen LogP contribution in [-0.2, 0) is 10.0 Å². The van der Waals surface area contributed by atoms with Gasteiger partial charge in [0.1, 0.15) is 6.42 Å².